The van der Waals surface area contributed by atoms with Crippen LogP contribution in [0.2, 0.25) is 0 Å². The summed E-state index contributed by atoms with van der Waals surface area (Å²) in [6, 6.07) is 17.9. The lowest BCUT2D eigenvalue weighted by Crippen LogP contribution is -2.17. The molecule has 144 valence electrons. The summed E-state index contributed by atoms with van der Waals surface area (Å²) >= 11 is 0. The Kier molecular flexibility index (Phi) is 5.61. The van der Waals surface area contributed by atoms with Crippen LogP contribution in [-0.2, 0) is 5.60 Å². The van der Waals surface area contributed by atoms with Crippen LogP contribution in [0.15, 0.2) is 66.9 Å². The molecule has 0 fully saturated rings. The van der Waals surface area contributed by atoms with Gasteiger partial charge < -0.3 is 20.5 Å². The molecule has 3 aromatic rings. The van der Waals surface area contributed by atoms with Crippen molar-refractivity contribution in [1.82, 2.24) is 4.98 Å². The standard InChI is InChI=1S/C22H23N3O3/c1-22(2,27)15-8-6-9-16(14-15)24-21(26)17-10-7-13-23-20(17)25-18-11-4-5-12-19(18)28-3/h4-14,27H,1-3H3,(H,23,25)(H,24,26). The number of rotatable bonds is 6. The maximum atomic E-state index is 12.9. The van der Waals surface area contributed by atoms with Gasteiger partial charge in [-0.1, -0.05) is 24.3 Å². The first kappa shape index (κ1) is 19.4. The van der Waals surface area contributed by atoms with E-state index in [1.165, 1.54) is 0 Å². The van der Waals surface area contributed by atoms with E-state index in [1.807, 2.05) is 30.3 Å². The molecule has 6 nitrogen and oxygen atoms in total. The predicted molar refractivity (Wildman–Crippen MR) is 110 cm³/mol. The number of aromatic nitrogens is 1. The zero-order valence-electron chi connectivity index (χ0n) is 16.1. The molecule has 1 amide bonds. The average molecular weight is 377 g/mol. The number of para-hydroxylation sites is 2. The molecule has 0 radical (unpaired) electrons. The number of carbonyl (C=O) groups is 1. The second-order valence-corrected chi connectivity index (χ2v) is 6.82. The van der Waals surface area contributed by atoms with E-state index in [1.54, 1.807) is 57.5 Å². The summed E-state index contributed by atoms with van der Waals surface area (Å²) in [5.74, 6) is 0.763. The first-order valence-electron chi connectivity index (χ1n) is 8.88. The van der Waals surface area contributed by atoms with Crippen molar-refractivity contribution in [2.75, 3.05) is 17.7 Å². The molecule has 3 N–H and O–H groups in total. The highest BCUT2D eigenvalue weighted by Gasteiger charge is 2.18. The quantitative estimate of drug-likeness (QED) is 0.596. The number of nitrogens with zero attached hydrogens (tertiary/aromatic N) is 1. The van der Waals surface area contributed by atoms with Gasteiger partial charge in [0, 0.05) is 11.9 Å². The molecule has 28 heavy (non-hydrogen) atoms. The Balaban J connectivity index is 1.86. The van der Waals surface area contributed by atoms with Gasteiger partial charge in [0.25, 0.3) is 5.91 Å². The summed E-state index contributed by atoms with van der Waals surface area (Å²) < 4.78 is 5.34. The van der Waals surface area contributed by atoms with Crippen molar-refractivity contribution in [2.45, 2.75) is 19.4 Å². The Morgan fingerprint density at radius 1 is 1.07 bits per heavy atom. The fourth-order valence-electron chi connectivity index (χ4n) is 2.74. The van der Waals surface area contributed by atoms with Gasteiger partial charge in [0.1, 0.15) is 11.6 Å². The molecule has 3 rings (SSSR count). The Morgan fingerprint density at radius 3 is 2.61 bits per heavy atom. The van der Waals surface area contributed by atoms with Crippen molar-refractivity contribution in [3.8, 4) is 5.75 Å². The van der Waals surface area contributed by atoms with Crippen molar-refractivity contribution in [2.24, 2.45) is 0 Å². The first-order chi connectivity index (χ1) is 13.4. The number of pyridine rings is 1. The van der Waals surface area contributed by atoms with Crippen molar-refractivity contribution in [3.05, 3.63) is 78.0 Å². The molecule has 0 aliphatic rings. The lowest BCUT2D eigenvalue weighted by atomic mass is 9.98. The van der Waals surface area contributed by atoms with Gasteiger partial charge in [-0.25, -0.2) is 4.98 Å². The Bertz CT molecular complexity index is 981. The molecule has 1 heterocycles. The third-order valence-corrected chi connectivity index (χ3v) is 4.24. The van der Waals surface area contributed by atoms with Crippen molar-refractivity contribution < 1.29 is 14.6 Å². The van der Waals surface area contributed by atoms with Gasteiger partial charge in [-0.3, -0.25) is 4.79 Å². The second-order valence-electron chi connectivity index (χ2n) is 6.82. The van der Waals surface area contributed by atoms with Crippen LogP contribution < -0.4 is 15.4 Å². The summed E-state index contributed by atoms with van der Waals surface area (Å²) in [5.41, 5.74) is 1.41. The third kappa shape index (κ3) is 4.47. The Labute approximate surface area is 164 Å². The van der Waals surface area contributed by atoms with Gasteiger partial charge in [-0.15, -0.1) is 0 Å². The van der Waals surface area contributed by atoms with E-state index in [4.69, 9.17) is 4.74 Å². The minimum Gasteiger partial charge on any atom is -0.495 e. The van der Waals surface area contributed by atoms with Crippen LogP contribution in [0.25, 0.3) is 0 Å². The van der Waals surface area contributed by atoms with Crippen LogP contribution in [0.4, 0.5) is 17.2 Å². The van der Waals surface area contributed by atoms with Gasteiger partial charge in [-0.2, -0.15) is 0 Å². The van der Waals surface area contributed by atoms with Gasteiger partial charge in [-0.05, 0) is 55.8 Å². The van der Waals surface area contributed by atoms with Gasteiger partial charge in [0.15, 0.2) is 0 Å². The third-order valence-electron chi connectivity index (χ3n) is 4.24. The summed E-state index contributed by atoms with van der Waals surface area (Å²) in [5, 5.41) is 16.2. The number of hydrogen-bond donors (Lipinski definition) is 3. The lowest BCUT2D eigenvalue weighted by molar-refractivity contribution is 0.0786. The number of methoxy groups -OCH3 is 1. The SMILES string of the molecule is COc1ccccc1Nc1ncccc1C(=O)Nc1cccc(C(C)(C)O)c1. The maximum absolute atomic E-state index is 12.9. The predicted octanol–water partition coefficient (Wildman–Crippen LogP) is 4.31. The van der Waals surface area contributed by atoms with Crippen LogP contribution in [0, 0.1) is 0 Å². The van der Waals surface area contributed by atoms with Crippen LogP contribution >= 0.6 is 0 Å². The van der Waals surface area contributed by atoms with Crippen LogP contribution in [0.1, 0.15) is 29.8 Å². The molecule has 2 aromatic carbocycles. The molecule has 1 aromatic heterocycles. The van der Waals surface area contributed by atoms with E-state index in [9.17, 15) is 9.90 Å². The van der Waals surface area contributed by atoms with Gasteiger partial charge in [0.05, 0.1) is 24.0 Å². The number of nitrogens with one attached hydrogen (secondary N) is 2. The minimum absolute atomic E-state index is 0.307. The van der Waals surface area contributed by atoms with E-state index in [0.29, 0.717) is 34.1 Å². The topological polar surface area (TPSA) is 83.5 Å². The highest BCUT2D eigenvalue weighted by molar-refractivity contribution is 6.07. The first-order valence-corrected chi connectivity index (χ1v) is 8.88. The molecule has 0 saturated carbocycles. The van der Waals surface area contributed by atoms with Crippen molar-refractivity contribution in [3.63, 3.8) is 0 Å². The second kappa shape index (κ2) is 8.10. The van der Waals surface area contributed by atoms with E-state index in [-0.39, 0.29) is 5.91 Å². The van der Waals surface area contributed by atoms with Gasteiger partial charge in [0.2, 0.25) is 0 Å². The molecule has 0 aliphatic heterocycles. The molecule has 0 atom stereocenters. The highest BCUT2D eigenvalue weighted by atomic mass is 16.5. The van der Waals surface area contributed by atoms with E-state index >= 15 is 0 Å². The number of aliphatic hydroxyl groups is 1. The van der Waals surface area contributed by atoms with E-state index in [0.717, 1.165) is 0 Å². The normalized spacial score (nSPS) is 11.0. The fraction of sp³-hybridized carbons (Fsp3) is 0.182. The average Bonchev–Trinajstić information content (AvgIpc) is 2.68. The van der Waals surface area contributed by atoms with E-state index < -0.39 is 5.60 Å². The summed E-state index contributed by atoms with van der Waals surface area (Å²) in [7, 11) is 1.59. The molecule has 0 aliphatic carbocycles. The Hall–Kier alpha value is -3.38. The summed E-state index contributed by atoms with van der Waals surface area (Å²) in [4.78, 5) is 17.2. The van der Waals surface area contributed by atoms with Crippen molar-refractivity contribution >= 4 is 23.1 Å². The molecular weight excluding hydrogens is 354 g/mol. The monoisotopic (exact) mass is 377 g/mol. The summed E-state index contributed by atoms with van der Waals surface area (Å²) in [6.45, 7) is 3.40. The molecule has 0 saturated heterocycles. The minimum atomic E-state index is -0.994. The molecule has 0 spiro atoms. The Morgan fingerprint density at radius 2 is 1.86 bits per heavy atom. The lowest BCUT2D eigenvalue weighted by Gasteiger charge is -2.19. The van der Waals surface area contributed by atoms with Crippen LogP contribution in [-0.4, -0.2) is 23.1 Å². The van der Waals surface area contributed by atoms with E-state index in [2.05, 4.69) is 15.6 Å². The van der Waals surface area contributed by atoms with Crippen LogP contribution in [0.3, 0.4) is 0 Å². The molecule has 6 heteroatoms. The maximum Gasteiger partial charge on any atom is 0.259 e. The number of ether oxygens (including phenoxy) is 1. The number of hydrogen-bond acceptors (Lipinski definition) is 5. The van der Waals surface area contributed by atoms with Crippen LogP contribution in [0.5, 0.6) is 5.75 Å². The molecule has 0 bridgehead atoms. The molecule has 0 unspecified atom stereocenters. The zero-order valence-corrected chi connectivity index (χ0v) is 16.1. The summed E-state index contributed by atoms with van der Waals surface area (Å²) in [6.07, 6.45) is 1.61. The number of carbonyl (C=O) groups excluding carboxylic acids is 1. The largest absolute Gasteiger partial charge is 0.495 e. The van der Waals surface area contributed by atoms with Gasteiger partial charge >= 0.3 is 0 Å². The highest BCUT2D eigenvalue weighted by Crippen LogP contribution is 2.28. The fourth-order valence-corrected chi connectivity index (χ4v) is 2.74. The number of anilines is 3. The number of amides is 1. The smallest absolute Gasteiger partial charge is 0.259 e. The molecular formula is C22H23N3O3. The van der Waals surface area contributed by atoms with Crippen molar-refractivity contribution in [1.29, 1.82) is 0 Å². The zero-order chi connectivity index (χ0) is 20.1. The number of benzene rings is 2.